The third-order valence-corrected chi connectivity index (χ3v) is 4.90. The van der Waals surface area contributed by atoms with Crippen LogP contribution >= 0.6 is 0 Å². The van der Waals surface area contributed by atoms with Crippen LogP contribution in [0.4, 0.5) is 13.2 Å². The van der Waals surface area contributed by atoms with Crippen LogP contribution in [0.5, 0.6) is 0 Å². The molecule has 1 aliphatic heterocycles. The van der Waals surface area contributed by atoms with Crippen LogP contribution < -0.4 is 10.0 Å². The Balaban J connectivity index is 2.71. The summed E-state index contributed by atoms with van der Waals surface area (Å²) >= 11 is 0. The molecular weight excluding hydrogens is 297 g/mol. The normalized spacial score (nSPS) is 20.3. The fourth-order valence-electron chi connectivity index (χ4n) is 1.91. The molecule has 0 bridgehead atoms. The van der Waals surface area contributed by atoms with E-state index in [4.69, 9.17) is 0 Å². The van der Waals surface area contributed by atoms with Crippen LogP contribution in [0, 0.1) is 0 Å². The molecule has 1 heterocycles. The molecule has 1 rings (SSSR count). The van der Waals surface area contributed by atoms with Crippen LogP contribution in [0.1, 0.15) is 6.92 Å². The summed E-state index contributed by atoms with van der Waals surface area (Å²) in [6.45, 7) is 2.56. The smallest absolute Gasteiger partial charge is 0.314 e. The Labute approximate surface area is 117 Å². The first-order chi connectivity index (χ1) is 9.18. The van der Waals surface area contributed by atoms with E-state index in [9.17, 15) is 21.6 Å². The van der Waals surface area contributed by atoms with E-state index in [1.165, 1.54) is 11.9 Å². The molecule has 0 aromatic carbocycles. The van der Waals surface area contributed by atoms with Gasteiger partial charge in [-0.2, -0.15) is 25.9 Å². The summed E-state index contributed by atoms with van der Waals surface area (Å²) in [5, 5.41) is 2.96. The van der Waals surface area contributed by atoms with Crippen molar-refractivity contribution < 1.29 is 21.6 Å². The predicted octanol–water partition coefficient (Wildman–Crippen LogP) is -0.391. The number of nitrogens with one attached hydrogen (secondary N) is 2. The maximum atomic E-state index is 13.1. The molecule has 1 atom stereocenters. The van der Waals surface area contributed by atoms with Crippen molar-refractivity contribution in [2.75, 3.05) is 46.3 Å². The lowest BCUT2D eigenvalue weighted by atomic mass is 10.2. The standard InChI is InChI=1S/C10H21F3N4O2S/c1-3-16(2)20(18,19)15-8-9(10(11,12)13)17-6-4-14-5-7-17/h9,14-15H,3-8H2,1-2H3. The second-order valence-electron chi connectivity index (χ2n) is 4.61. The number of nitrogens with zero attached hydrogens (tertiary/aromatic N) is 2. The Morgan fingerprint density at radius 2 is 1.90 bits per heavy atom. The van der Waals surface area contributed by atoms with Crippen LogP contribution in [-0.4, -0.2) is 76.2 Å². The third kappa shape index (κ3) is 4.85. The van der Waals surface area contributed by atoms with Gasteiger partial charge in [0.2, 0.25) is 0 Å². The first-order valence-corrected chi connectivity index (χ1v) is 7.85. The predicted molar refractivity (Wildman–Crippen MR) is 69.5 cm³/mol. The Morgan fingerprint density at radius 1 is 1.35 bits per heavy atom. The van der Waals surface area contributed by atoms with Crippen LogP contribution in [0.2, 0.25) is 0 Å². The van der Waals surface area contributed by atoms with Gasteiger partial charge in [-0.05, 0) is 0 Å². The molecule has 2 N–H and O–H groups in total. The first kappa shape index (κ1) is 17.6. The number of hydrogen-bond donors (Lipinski definition) is 2. The van der Waals surface area contributed by atoms with Crippen LogP contribution in [0.15, 0.2) is 0 Å². The number of hydrogen-bond acceptors (Lipinski definition) is 4. The van der Waals surface area contributed by atoms with E-state index < -0.39 is 29.0 Å². The van der Waals surface area contributed by atoms with E-state index in [0.717, 1.165) is 4.31 Å². The van der Waals surface area contributed by atoms with Crippen LogP contribution in [0.3, 0.4) is 0 Å². The van der Waals surface area contributed by atoms with Gasteiger partial charge in [0.15, 0.2) is 0 Å². The summed E-state index contributed by atoms with van der Waals surface area (Å²) in [6, 6.07) is -1.80. The first-order valence-electron chi connectivity index (χ1n) is 6.41. The fourth-order valence-corrected chi connectivity index (χ4v) is 2.84. The van der Waals surface area contributed by atoms with E-state index in [1.54, 1.807) is 6.92 Å². The summed E-state index contributed by atoms with van der Waals surface area (Å²) in [5.41, 5.74) is 0. The zero-order valence-electron chi connectivity index (χ0n) is 11.6. The van der Waals surface area contributed by atoms with Gasteiger partial charge in [-0.3, -0.25) is 4.90 Å². The lowest BCUT2D eigenvalue weighted by Gasteiger charge is -2.36. The summed E-state index contributed by atoms with van der Waals surface area (Å²) in [5.74, 6) is 0. The maximum Gasteiger partial charge on any atom is 0.405 e. The highest BCUT2D eigenvalue weighted by Crippen LogP contribution is 2.25. The molecule has 20 heavy (non-hydrogen) atoms. The number of rotatable bonds is 6. The van der Waals surface area contributed by atoms with Gasteiger partial charge in [0.05, 0.1) is 0 Å². The van der Waals surface area contributed by atoms with Gasteiger partial charge in [-0.25, -0.2) is 4.72 Å². The second-order valence-corrected chi connectivity index (χ2v) is 6.47. The number of alkyl halides is 3. The van der Waals surface area contributed by atoms with E-state index in [0.29, 0.717) is 13.1 Å². The third-order valence-electron chi connectivity index (χ3n) is 3.28. The monoisotopic (exact) mass is 318 g/mol. The van der Waals surface area contributed by atoms with E-state index in [2.05, 4.69) is 5.32 Å². The minimum absolute atomic E-state index is 0.194. The van der Waals surface area contributed by atoms with E-state index in [1.807, 2.05) is 4.72 Å². The Bertz CT molecular complexity index is 396. The topological polar surface area (TPSA) is 64.7 Å². The molecule has 0 radical (unpaired) electrons. The highest BCUT2D eigenvalue weighted by atomic mass is 32.2. The van der Waals surface area contributed by atoms with Crippen molar-refractivity contribution in [3.8, 4) is 0 Å². The van der Waals surface area contributed by atoms with E-state index >= 15 is 0 Å². The average molecular weight is 318 g/mol. The van der Waals surface area contributed by atoms with Gasteiger partial charge in [-0.15, -0.1) is 0 Å². The molecule has 0 aliphatic carbocycles. The van der Waals surface area contributed by atoms with Crippen LogP contribution in [-0.2, 0) is 10.2 Å². The SMILES string of the molecule is CCN(C)S(=O)(=O)NCC(N1CCNCC1)C(F)(F)F. The van der Waals surface area contributed by atoms with Crippen molar-refractivity contribution in [1.82, 2.24) is 19.2 Å². The largest absolute Gasteiger partial charge is 0.405 e. The van der Waals surface area contributed by atoms with Crippen molar-refractivity contribution in [2.24, 2.45) is 0 Å². The summed E-state index contributed by atoms with van der Waals surface area (Å²) in [6.07, 6.45) is -4.47. The molecule has 0 spiro atoms. The number of halogens is 3. The lowest BCUT2D eigenvalue weighted by Crippen LogP contribution is -2.58. The minimum atomic E-state index is -4.47. The zero-order valence-corrected chi connectivity index (χ0v) is 12.4. The van der Waals surface area contributed by atoms with Crippen molar-refractivity contribution >= 4 is 10.2 Å². The molecule has 0 aromatic heterocycles. The van der Waals surface area contributed by atoms with Crippen LogP contribution in [0.25, 0.3) is 0 Å². The molecule has 1 saturated heterocycles. The summed E-state index contributed by atoms with van der Waals surface area (Å²) in [7, 11) is -2.55. The zero-order chi connectivity index (χ0) is 15.4. The molecular formula is C10H21F3N4O2S. The molecule has 0 aromatic rings. The Hall–Kier alpha value is -0.420. The highest BCUT2D eigenvalue weighted by molar-refractivity contribution is 7.87. The maximum absolute atomic E-state index is 13.1. The van der Waals surface area contributed by atoms with Gasteiger partial charge in [0.25, 0.3) is 10.2 Å². The Morgan fingerprint density at radius 3 is 2.35 bits per heavy atom. The van der Waals surface area contributed by atoms with Gasteiger partial charge >= 0.3 is 6.18 Å². The number of piperazine rings is 1. The quantitative estimate of drug-likeness (QED) is 0.700. The van der Waals surface area contributed by atoms with Crippen molar-refractivity contribution in [3.63, 3.8) is 0 Å². The Kier molecular flexibility index (Phi) is 6.20. The molecule has 0 amide bonds. The molecule has 1 unspecified atom stereocenters. The van der Waals surface area contributed by atoms with Crippen molar-refractivity contribution in [1.29, 1.82) is 0 Å². The molecule has 10 heteroatoms. The molecule has 120 valence electrons. The lowest BCUT2D eigenvalue weighted by molar-refractivity contribution is -0.182. The average Bonchev–Trinajstić information content (AvgIpc) is 2.37. The summed E-state index contributed by atoms with van der Waals surface area (Å²) in [4.78, 5) is 1.25. The van der Waals surface area contributed by atoms with Gasteiger partial charge in [0.1, 0.15) is 6.04 Å². The second kappa shape index (κ2) is 7.03. The molecule has 0 saturated carbocycles. The molecule has 6 nitrogen and oxygen atoms in total. The van der Waals surface area contributed by atoms with E-state index in [-0.39, 0.29) is 19.6 Å². The molecule has 1 aliphatic rings. The van der Waals surface area contributed by atoms with Gasteiger partial charge < -0.3 is 5.32 Å². The minimum Gasteiger partial charge on any atom is -0.314 e. The molecule has 1 fully saturated rings. The van der Waals surface area contributed by atoms with Gasteiger partial charge in [-0.1, -0.05) is 6.92 Å². The van der Waals surface area contributed by atoms with Crippen molar-refractivity contribution in [3.05, 3.63) is 0 Å². The highest BCUT2D eigenvalue weighted by Gasteiger charge is 2.44. The van der Waals surface area contributed by atoms with Crippen molar-refractivity contribution in [2.45, 2.75) is 19.1 Å². The van der Waals surface area contributed by atoms with Gasteiger partial charge in [0, 0.05) is 46.3 Å². The fraction of sp³-hybridized carbons (Fsp3) is 1.00. The summed E-state index contributed by atoms with van der Waals surface area (Å²) < 4.78 is 65.5.